The van der Waals surface area contributed by atoms with E-state index in [0.29, 0.717) is 50.9 Å². The maximum absolute atomic E-state index is 12.8. The van der Waals surface area contributed by atoms with Gasteiger partial charge < -0.3 is 24.4 Å². The van der Waals surface area contributed by atoms with Gasteiger partial charge in [0.25, 0.3) is 5.91 Å². The highest BCUT2D eigenvalue weighted by atomic mass is 32.1. The first kappa shape index (κ1) is 26.2. The Kier molecular flexibility index (Phi) is 9.35. The van der Waals surface area contributed by atoms with Gasteiger partial charge in [0, 0.05) is 48.3 Å². The van der Waals surface area contributed by atoms with Crippen LogP contribution in [0.4, 0.5) is 5.69 Å². The van der Waals surface area contributed by atoms with Gasteiger partial charge in [0.15, 0.2) is 0 Å². The number of fused-ring (bicyclic) bond motifs is 1. The molecule has 1 saturated heterocycles. The van der Waals surface area contributed by atoms with Crippen LogP contribution in [0.2, 0.25) is 0 Å². The molecule has 9 nitrogen and oxygen atoms in total. The number of benzene rings is 1. The summed E-state index contributed by atoms with van der Waals surface area (Å²) in [5.74, 6) is 0.00358. The second-order valence-electron chi connectivity index (χ2n) is 8.70. The Morgan fingerprint density at radius 2 is 1.83 bits per heavy atom. The molecule has 3 aromatic rings. The van der Waals surface area contributed by atoms with E-state index in [0.717, 1.165) is 34.4 Å². The number of likely N-dealkylation sites (tertiary alicyclic amines) is 1. The molecule has 2 amide bonds. The van der Waals surface area contributed by atoms with Crippen LogP contribution < -0.4 is 5.32 Å². The molecule has 0 aliphatic carbocycles. The summed E-state index contributed by atoms with van der Waals surface area (Å²) in [6.45, 7) is 5.21. The average Bonchev–Trinajstić information content (AvgIpc) is 3.39. The van der Waals surface area contributed by atoms with Gasteiger partial charge in [-0.25, -0.2) is 4.98 Å². The van der Waals surface area contributed by atoms with Crippen LogP contribution in [0, 0.1) is 6.92 Å². The lowest BCUT2D eigenvalue weighted by Gasteiger charge is -2.31. The third-order valence-corrected chi connectivity index (χ3v) is 7.07. The fourth-order valence-electron chi connectivity index (χ4n) is 4.07. The van der Waals surface area contributed by atoms with Crippen molar-refractivity contribution in [2.24, 2.45) is 0 Å². The van der Waals surface area contributed by atoms with Crippen LogP contribution in [0.15, 0.2) is 35.7 Å². The topological polar surface area (TPSA) is 103 Å². The van der Waals surface area contributed by atoms with Crippen molar-refractivity contribution in [1.29, 1.82) is 0 Å². The van der Waals surface area contributed by atoms with Crippen LogP contribution in [0.5, 0.6) is 0 Å². The van der Waals surface area contributed by atoms with Gasteiger partial charge in [0.1, 0.15) is 12.3 Å². The lowest BCUT2D eigenvalue weighted by atomic mass is 9.97. The van der Waals surface area contributed by atoms with E-state index in [4.69, 9.17) is 14.2 Å². The van der Waals surface area contributed by atoms with Crippen molar-refractivity contribution in [2.45, 2.75) is 25.7 Å². The molecule has 10 heteroatoms. The molecule has 1 N–H and O–H groups in total. The van der Waals surface area contributed by atoms with Crippen molar-refractivity contribution in [1.82, 2.24) is 14.9 Å². The molecule has 0 radical (unpaired) electrons. The first-order valence-electron chi connectivity index (χ1n) is 12.1. The third-order valence-electron chi connectivity index (χ3n) is 6.07. The molecule has 4 rings (SSSR count). The smallest absolute Gasteiger partial charge is 0.275 e. The van der Waals surface area contributed by atoms with Crippen LogP contribution in [0.3, 0.4) is 0 Å². The molecular weight excluding hydrogens is 480 g/mol. The molecule has 0 atom stereocenters. The molecule has 2 aromatic heterocycles. The van der Waals surface area contributed by atoms with Crippen molar-refractivity contribution in [2.75, 3.05) is 58.6 Å². The van der Waals surface area contributed by atoms with Crippen LogP contribution in [-0.2, 0) is 19.0 Å². The monoisotopic (exact) mass is 512 g/mol. The molecule has 1 aliphatic heterocycles. The number of carbonyl (C=O) groups is 2. The highest BCUT2D eigenvalue weighted by molar-refractivity contribution is 7.10. The van der Waals surface area contributed by atoms with E-state index < -0.39 is 0 Å². The molecule has 3 heterocycles. The molecule has 1 fully saturated rings. The van der Waals surface area contributed by atoms with E-state index in [9.17, 15) is 9.59 Å². The van der Waals surface area contributed by atoms with Crippen LogP contribution in [-0.4, -0.2) is 79.9 Å². The SMILES string of the molecule is COCCOCCOCC(=O)N1CCC(c2nc(C(=O)Nc3ccc4nc(C)ccc4c3)cs2)CC1. The number of nitrogens with one attached hydrogen (secondary N) is 1. The Morgan fingerprint density at radius 3 is 2.64 bits per heavy atom. The fourth-order valence-corrected chi connectivity index (χ4v) is 5.04. The van der Waals surface area contributed by atoms with Gasteiger partial charge in [-0.2, -0.15) is 0 Å². The molecule has 0 unspecified atom stereocenters. The summed E-state index contributed by atoms with van der Waals surface area (Å²) < 4.78 is 15.7. The number of aryl methyl sites for hydroxylation is 1. The molecule has 0 bridgehead atoms. The number of hydrogen-bond donors (Lipinski definition) is 1. The normalized spacial score (nSPS) is 14.3. The van der Waals surface area contributed by atoms with Crippen LogP contribution in [0.1, 0.15) is 39.9 Å². The third kappa shape index (κ3) is 7.07. The standard InChI is InChI=1S/C26H32N4O5S/c1-18-3-4-20-15-21(5-6-22(20)27-18)28-25(32)23-17-36-26(29-23)19-7-9-30(10-8-19)24(31)16-35-14-13-34-12-11-33-2/h3-6,15,17,19H,7-14,16H2,1-2H3,(H,28,32). The second kappa shape index (κ2) is 12.9. The first-order valence-corrected chi connectivity index (χ1v) is 13.0. The molecule has 0 saturated carbocycles. The Bertz CT molecular complexity index is 1180. The van der Waals surface area contributed by atoms with E-state index >= 15 is 0 Å². The summed E-state index contributed by atoms with van der Waals surface area (Å²) in [5.41, 5.74) is 2.98. The summed E-state index contributed by atoms with van der Waals surface area (Å²) in [6, 6.07) is 9.62. The van der Waals surface area contributed by atoms with E-state index in [-0.39, 0.29) is 24.3 Å². The number of carbonyl (C=O) groups excluding carboxylic acids is 2. The van der Waals surface area contributed by atoms with Gasteiger partial charge in [-0.1, -0.05) is 6.07 Å². The summed E-state index contributed by atoms with van der Waals surface area (Å²) in [6.07, 6.45) is 1.63. The predicted octanol–water partition coefficient (Wildman–Crippen LogP) is 3.64. The highest BCUT2D eigenvalue weighted by Crippen LogP contribution is 2.30. The van der Waals surface area contributed by atoms with Gasteiger partial charge in [-0.3, -0.25) is 14.6 Å². The molecule has 192 valence electrons. The van der Waals surface area contributed by atoms with Gasteiger partial charge in [-0.05, 0) is 44.0 Å². The number of amides is 2. The van der Waals surface area contributed by atoms with E-state index in [1.165, 1.54) is 11.3 Å². The van der Waals surface area contributed by atoms with E-state index in [1.807, 2.05) is 42.2 Å². The summed E-state index contributed by atoms with van der Waals surface area (Å²) in [4.78, 5) is 36.1. The van der Waals surface area contributed by atoms with Gasteiger partial charge in [0.2, 0.25) is 5.91 Å². The molecule has 36 heavy (non-hydrogen) atoms. The zero-order valence-corrected chi connectivity index (χ0v) is 21.5. The Hall–Kier alpha value is -2.92. The van der Waals surface area contributed by atoms with Crippen molar-refractivity contribution in [3.63, 3.8) is 0 Å². The van der Waals surface area contributed by atoms with Gasteiger partial charge >= 0.3 is 0 Å². The number of thiazole rings is 1. The van der Waals surface area contributed by atoms with Crippen molar-refractivity contribution < 1.29 is 23.8 Å². The summed E-state index contributed by atoms with van der Waals surface area (Å²) in [5, 5.41) is 6.65. The molecule has 1 aromatic carbocycles. The maximum Gasteiger partial charge on any atom is 0.275 e. The second-order valence-corrected chi connectivity index (χ2v) is 9.59. The molecular formula is C26H32N4O5S. The minimum absolute atomic E-state index is 0.00899. The number of pyridine rings is 1. The molecule has 1 aliphatic rings. The Balaban J connectivity index is 1.22. The highest BCUT2D eigenvalue weighted by Gasteiger charge is 2.26. The lowest BCUT2D eigenvalue weighted by molar-refractivity contribution is -0.137. The zero-order chi connectivity index (χ0) is 25.3. The maximum atomic E-state index is 12.8. The van der Waals surface area contributed by atoms with Crippen molar-refractivity contribution in [3.8, 4) is 0 Å². The number of rotatable bonds is 11. The molecule has 0 spiro atoms. The van der Waals surface area contributed by atoms with Gasteiger partial charge in [-0.15, -0.1) is 11.3 Å². The minimum atomic E-state index is -0.229. The Morgan fingerprint density at radius 1 is 1.06 bits per heavy atom. The van der Waals surface area contributed by atoms with Gasteiger partial charge in [0.05, 0.1) is 37.0 Å². The number of methoxy groups -OCH3 is 1. The summed E-state index contributed by atoms with van der Waals surface area (Å²) >= 11 is 1.50. The predicted molar refractivity (Wildman–Crippen MR) is 139 cm³/mol. The summed E-state index contributed by atoms with van der Waals surface area (Å²) in [7, 11) is 1.62. The minimum Gasteiger partial charge on any atom is -0.382 e. The van der Waals surface area contributed by atoms with Crippen LogP contribution in [0.25, 0.3) is 10.9 Å². The fraction of sp³-hybridized carbons (Fsp3) is 0.462. The number of anilines is 1. The number of ether oxygens (including phenoxy) is 3. The van der Waals surface area contributed by atoms with Crippen molar-refractivity contribution in [3.05, 3.63) is 52.1 Å². The Labute approximate surface area is 214 Å². The largest absolute Gasteiger partial charge is 0.382 e. The van der Waals surface area contributed by atoms with Crippen molar-refractivity contribution >= 4 is 39.7 Å². The lowest BCUT2D eigenvalue weighted by Crippen LogP contribution is -2.40. The number of aromatic nitrogens is 2. The zero-order valence-electron chi connectivity index (χ0n) is 20.7. The van der Waals surface area contributed by atoms with E-state index in [2.05, 4.69) is 15.3 Å². The quantitative estimate of drug-likeness (QED) is 0.391. The number of nitrogens with zero attached hydrogens (tertiary/aromatic N) is 3. The van der Waals surface area contributed by atoms with Crippen LogP contribution >= 0.6 is 11.3 Å². The average molecular weight is 513 g/mol. The van der Waals surface area contributed by atoms with E-state index in [1.54, 1.807) is 12.5 Å². The first-order chi connectivity index (χ1) is 17.5. The number of hydrogen-bond acceptors (Lipinski definition) is 8. The number of piperidine rings is 1.